The molecule has 3 aromatic rings. The van der Waals surface area contributed by atoms with Gasteiger partial charge in [0.1, 0.15) is 5.75 Å². The molecule has 0 aliphatic rings. The van der Waals surface area contributed by atoms with E-state index >= 15 is 0 Å². The van der Waals surface area contributed by atoms with Crippen LogP contribution in [-0.4, -0.2) is 20.9 Å². The maximum Gasteiger partial charge on any atom is 0.262 e. The molecule has 0 aliphatic carbocycles. The van der Waals surface area contributed by atoms with Gasteiger partial charge in [-0.3, -0.25) is 9.52 Å². The van der Waals surface area contributed by atoms with Gasteiger partial charge in [-0.15, -0.1) is 0 Å². The molecular weight excluding hydrogens is 459 g/mol. The number of amides is 1. The number of sulfonamides is 1. The Labute approximate surface area is 191 Å². The predicted octanol–water partition coefficient (Wildman–Crippen LogP) is 5.43. The first kappa shape index (κ1) is 22.9. The summed E-state index contributed by atoms with van der Waals surface area (Å²) in [5.41, 5.74) is 2.63. The molecule has 0 saturated carbocycles. The van der Waals surface area contributed by atoms with Crippen molar-refractivity contribution in [3.8, 4) is 5.75 Å². The molecule has 31 heavy (non-hydrogen) atoms. The molecule has 0 fully saturated rings. The third-order valence-corrected chi connectivity index (χ3v) is 6.33. The summed E-state index contributed by atoms with van der Waals surface area (Å²) in [6.45, 7) is 3.39. The van der Waals surface area contributed by atoms with Gasteiger partial charge in [0.15, 0.2) is 6.61 Å². The highest BCUT2D eigenvalue weighted by molar-refractivity contribution is 7.92. The minimum absolute atomic E-state index is 0.0788. The Hall–Kier alpha value is -2.74. The van der Waals surface area contributed by atoms with Gasteiger partial charge in [-0.25, -0.2) is 8.42 Å². The maximum atomic E-state index is 12.7. The molecule has 0 aliphatic heterocycles. The van der Waals surface area contributed by atoms with Gasteiger partial charge in [0, 0.05) is 16.8 Å². The molecule has 6 nitrogen and oxygen atoms in total. The van der Waals surface area contributed by atoms with Crippen LogP contribution in [0.4, 0.5) is 11.4 Å². The van der Waals surface area contributed by atoms with Crippen molar-refractivity contribution in [3.05, 3.63) is 81.8 Å². The standard InChI is InChI=1S/C22H20Cl2N2O4S/c1-14-4-3-5-15(2)22(14)26-31(28,29)18-9-7-17(8-10-18)25-21(27)13-30-20-12-16(23)6-11-19(20)24/h3-12,26H,13H2,1-2H3,(H,25,27). The number of nitrogens with one attached hydrogen (secondary N) is 2. The van der Waals surface area contributed by atoms with E-state index in [4.69, 9.17) is 27.9 Å². The lowest BCUT2D eigenvalue weighted by molar-refractivity contribution is -0.118. The molecule has 0 heterocycles. The first-order chi connectivity index (χ1) is 14.7. The van der Waals surface area contributed by atoms with Gasteiger partial charge in [0.2, 0.25) is 0 Å². The van der Waals surface area contributed by atoms with E-state index in [2.05, 4.69) is 10.0 Å². The van der Waals surface area contributed by atoms with Crippen LogP contribution in [0.1, 0.15) is 11.1 Å². The lowest BCUT2D eigenvalue weighted by atomic mass is 10.1. The van der Waals surface area contributed by atoms with E-state index in [9.17, 15) is 13.2 Å². The fourth-order valence-corrected chi connectivity index (χ4v) is 4.35. The van der Waals surface area contributed by atoms with E-state index in [1.165, 1.54) is 30.3 Å². The number of rotatable bonds is 7. The molecule has 9 heteroatoms. The summed E-state index contributed by atoms with van der Waals surface area (Å²) in [6.07, 6.45) is 0. The molecule has 0 spiro atoms. The van der Waals surface area contributed by atoms with Crippen LogP contribution in [-0.2, 0) is 14.8 Å². The summed E-state index contributed by atoms with van der Waals surface area (Å²) in [7, 11) is -3.77. The van der Waals surface area contributed by atoms with Crippen LogP contribution in [0.3, 0.4) is 0 Å². The Bertz CT molecular complexity index is 1190. The second kappa shape index (κ2) is 9.60. The Balaban J connectivity index is 1.64. The second-order valence-corrected chi connectivity index (χ2v) is 9.33. The third-order valence-electron chi connectivity index (χ3n) is 4.42. The highest BCUT2D eigenvalue weighted by Crippen LogP contribution is 2.28. The van der Waals surface area contributed by atoms with Gasteiger partial charge in [0.05, 0.1) is 15.6 Å². The van der Waals surface area contributed by atoms with Crippen LogP contribution in [0.2, 0.25) is 10.0 Å². The zero-order valence-electron chi connectivity index (χ0n) is 16.8. The van der Waals surface area contributed by atoms with Crippen LogP contribution >= 0.6 is 23.2 Å². The van der Waals surface area contributed by atoms with Crippen LogP contribution in [0.5, 0.6) is 5.75 Å². The van der Waals surface area contributed by atoms with Gasteiger partial charge < -0.3 is 10.1 Å². The van der Waals surface area contributed by atoms with E-state index in [1.807, 2.05) is 32.0 Å². The zero-order chi connectivity index (χ0) is 22.6. The van der Waals surface area contributed by atoms with Crippen molar-refractivity contribution in [2.24, 2.45) is 0 Å². The first-order valence-corrected chi connectivity index (χ1v) is 11.5. The number of anilines is 2. The quantitative estimate of drug-likeness (QED) is 0.474. The first-order valence-electron chi connectivity index (χ1n) is 9.22. The van der Waals surface area contributed by atoms with Crippen molar-refractivity contribution in [1.82, 2.24) is 0 Å². The predicted molar refractivity (Wildman–Crippen MR) is 124 cm³/mol. The topological polar surface area (TPSA) is 84.5 Å². The average molecular weight is 479 g/mol. The molecule has 0 bridgehead atoms. The summed E-state index contributed by atoms with van der Waals surface area (Å²) >= 11 is 11.9. The molecule has 1 amide bonds. The van der Waals surface area contributed by atoms with E-state index in [1.54, 1.807) is 12.1 Å². The van der Waals surface area contributed by atoms with Crippen LogP contribution in [0, 0.1) is 13.8 Å². The Morgan fingerprint density at radius 1 is 0.968 bits per heavy atom. The van der Waals surface area contributed by atoms with Crippen molar-refractivity contribution in [2.45, 2.75) is 18.7 Å². The monoisotopic (exact) mass is 478 g/mol. The lowest BCUT2D eigenvalue weighted by Crippen LogP contribution is -2.20. The summed E-state index contributed by atoms with van der Waals surface area (Å²) in [4.78, 5) is 12.2. The number of ether oxygens (including phenoxy) is 1. The number of benzene rings is 3. The van der Waals surface area contributed by atoms with Crippen molar-refractivity contribution >= 4 is 50.5 Å². The summed E-state index contributed by atoms with van der Waals surface area (Å²) < 4.78 is 33.4. The highest BCUT2D eigenvalue weighted by Gasteiger charge is 2.17. The van der Waals surface area contributed by atoms with Crippen LogP contribution in [0.15, 0.2) is 65.6 Å². The molecule has 0 saturated heterocycles. The van der Waals surface area contributed by atoms with Crippen molar-refractivity contribution in [2.75, 3.05) is 16.6 Å². The SMILES string of the molecule is Cc1cccc(C)c1NS(=O)(=O)c1ccc(NC(=O)COc2cc(Cl)ccc2Cl)cc1. The molecule has 162 valence electrons. The van der Waals surface area contributed by atoms with Crippen LogP contribution < -0.4 is 14.8 Å². The Kier molecular flexibility index (Phi) is 7.10. The average Bonchev–Trinajstić information content (AvgIpc) is 2.72. The Morgan fingerprint density at radius 3 is 2.26 bits per heavy atom. The van der Waals surface area contributed by atoms with E-state index in [0.29, 0.717) is 27.2 Å². The van der Waals surface area contributed by atoms with Gasteiger partial charge in [-0.2, -0.15) is 0 Å². The molecule has 2 N–H and O–H groups in total. The summed E-state index contributed by atoms with van der Waals surface area (Å²) in [6, 6.07) is 16.1. The number of para-hydroxylation sites is 1. The van der Waals surface area contributed by atoms with E-state index < -0.39 is 15.9 Å². The van der Waals surface area contributed by atoms with E-state index in [0.717, 1.165) is 11.1 Å². The van der Waals surface area contributed by atoms with E-state index in [-0.39, 0.29) is 11.5 Å². The number of carbonyl (C=O) groups is 1. The lowest BCUT2D eigenvalue weighted by Gasteiger charge is -2.13. The van der Waals surface area contributed by atoms with Gasteiger partial charge in [0.25, 0.3) is 15.9 Å². The number of hydrogen-bond acceptors (Lipinski definition) is 4. The second-order valence-electron chi connectivity index (χ2n) is 6.81. The molecule has 3 aromatic carbocycles. The molecule has 0 unspecified atom stereocenters. The van der Waals surface area contributed by atoms with Crippen molar-refractivity contribution in [1.29, 1.82) is 0 Å². The number of carbonyl (C=O) groups excluding carboxylic acids is 1. The minimum Gasteiger partial charge on any atom is -0.482 e. The highest BCUT2D eigenvalue weighted by atomic mass is 35.5. The van der Waals surface area contributed by atoms with Crippen molar-refractivity contribution < 1.29 is 17.9 Å². The summed E-state index contributed by atoms with van der Waals surface area (Å²) in [5, 5.41) is 3.41. The zero-order valence-corrected chi connectivity index (χ0v) is 19.1. The molecular formula is C22H20Cl2N2O4S. The summed E-state index contributed by atoms with van der Waals surface area (Å²) in [5.74, 6) is -0.136. The molecule has 3 rings (SSSR count). The fourth-order valence-electron chi connectivity index (χ4n) is 2.81. The van der Waals surface area contributed by atoms with Gasteiger partial charge >= 0.3 is 0 Å². The van der Waals surface area contributed by atoms with Crippen LogP contribution in [0.25, 0.3) is 0 Å². The van der Waals surface area contributed by atoms with Gasteiger partial charge in [-0.05, 0) is 61.4 Å². The molecule has 0 aromatic heterocycles. The van der Waals surface area contributed by atoms with Gasteiger partial charge in [-0.1, -0.05) is 41.4 Å². The smallest absolute Gasteiger partial charge is 0.262 e. The Morgan fingerprint density at radius 2 is 1.61 bits per heavy atom. The fraction of sp³-hybridized carbons (Fsp3) is 0.136. The number of hydrogen-bond donors (Lipinski definition) is 2. The minimum atomic E-state index is -3.77. The maximum absolute atomic E-state index is 12.7. The normalized spacial score (nSPS) is 11.1. The van der Waals surface area contributed by atoms with Crippen molar-refractivity contribution in [3.63, 3.8) is 0 Å². The number of halogens is 2. The number of aryl methyl sites for hydroxylation is 2. The molecule has 0 radical (unpaired) electrons. The largest absolute Gasteiger partial charge is 0.482 e. The molecule has 0 atom stereocenters. The third kappa shape index (κ3) is 5.91.